The number of carboxylic acids is 1. The standard InChI is InChI=1S/C13H15NO3/c1-8(2)14-7-10(13(16)17)12(15)9-5-3-4-6-11(9)14/h3-9,11H,1-2H3,(H,16,17). The first kappa shape index (κ1) is 11.6. The van der Waals surface area contributed by atoms with Crippen molar-refractivity contribution in [2.45, 2.75) is 25.9 Å². The first-order chi connectivity index (χ1) is 8.02. The molecule has 1 aliphatic heterocycles. The van der Waals surface area contributed by atoms with E-state index < -0.39 is 5.97 Å². The van der Waals surface area contributed by atoms with Gasteiger partial charge in [-0.2, -0.15) is 0 Å². The van der Waals surface area contributed by atoms with Crippen molar-refractivity contribution in [3.8, 4) is 0 Å². The van der Waals surface area contributed by atoms with E-state index in [4.69, 9.17) is 5.11 Å². The SMILES string of the molecule is CC(C)N1C=C(C(=O)O)C(=O)C2C=CC=CC21. The molecule has 2 rings (SSSR count). The number of aliphatic carboxylic acids is 1. The highest BCUT2D eigenvalue weighted by molar-refractivity contribution is 6.18. The highest BCUT2D eigenvalue weighted by Gasteiger charge is 2.38. The number of allylic oxidation sites excluding steroid dienone is 2. The molecule has 0 aromatic heterocycles. The Balaban J connectivity index is 2.46. The normalized spacial score (nSPS) is 27.1. The van der Waals surface area contributed by atoms with E-state index in [0.717, 1.165) is 0 Å². The van der Waals surface area contributed by atoms with Crippen molar-refractivity contribution in [2.24, 2.45) is 5.92 Å². The lowest BCUT2D eigenvalue weighted by molar-refractivity contribution is -0.136. The molecule has 0 spiro atoms. The van der Waals surface area contributed by atoms with E-state index in [1.165, 1.54) is 6.20 Å². The van der Waals surface area contributed by atoms with Gasteiger partial charge in [-0.05, 0) is 13.8 Å². The van der Waals surface area contributed by atoms with Gasteiger partial charge < -0.3 is 10.0 Å². The summed E-state index contributed by atoms with van der Waals surface area (Å²) in [4.78, 5) is 25.0. The lowest BCUT2D eigenvalue weighted by atomic mass is 9.83. The number of carboxylic acid groups (broad SMARTS) is 1. The van der Waals surface area contributed by atoms with E-state index >= 15 is 0 Å². The molecular formula is C13H15NO3. The van der Waals surface area contributed by atoms with Crippen molar-refractivity contribution in [3.05, 3.63) is 36.1 Å². The van der Waals surface area contributed by atoms with Crippen molar-refractivity contribution < 1.29 is 14.7 Å². The van der Waals surface area contributed by atoms with Crippen LogP contribution in [0, 0.1) is 5.92 Å². The molecule has 4 heteroatoms. The molecule has 0 saturated carbocycles. The zero-order chi connectivity index (χ0) is 12.6. The fourth-order valence-corrected chi connectivity index (χ4v) is 2.25. The third kappa shape index (κ3) is 1.90. The minimum atomic E-state index is -1.15. The van der Waals surface area contributed by atoms with Gasteiger partial charge in [0.05, 0.1) is 12.0 Å². The molecule has 0 aromatic carbocycles. The molecule has 2 unspecified atom stereocenters. The largest absolute Gasteiger partial charge is 0.478 e. The quantitative estimate of drug-likeness (QED) is 0.732. The van der Waals surface area contributed by atoms with Crippen LogP contribution in [0.3, 0.4) is 0 Å². The molecule has 0 fully saturated rings. The Morgan fingerprint density at radius 3 is 2.59 bits per heavy atom. The van der Waals surface area contributed by atoms with E-state index in [2.05, 4.69) is 0 Å². The van der Waals surface area contributed by atoms with Gasteiger partial charge >= 0.3 is 5.97 Å². The fourth-order valence-electron chi connectivity index (χ4n) is 2.25. The second kappa shape index (κ2) is 4.20. The van der Waals surface area contributed by atoms with Crippen LogP contribution in [0.4, 0.5) is 0 Å². The fraction of sp³-hybridized carbons (Fsp3) is 0.385. The Kier molecular flexibility index (Phi) is 2.88. The highest BCUT2D eigenvalue weighted by atomic mass is 16.4. The maximum atomic E-state index is 12.0. The minimum Gasteiger partial charge on any atom is -0.478 e. The molecular weight excluding hydrogens is 218 g/mol. The minimum absolute atomic E-state index is 0.0596. The molecule has 90 valence electrons. The molecule has 0 radical (unpaired) electrons. The summed E-state index contributed by atoms with van der Waals surface area (Å²) in [6.07, 6.45) is 8.88. The number of fused-ring (bicyclic) bond motifs is 1. The topological polar surface area (TPSA) is 57.6 Å². The first-order valence-corrected chi connectivity index (χ1v) is 5.64. The lowest BCUT2D eigenvalue weighted by Gasteiger charge is -2.40. The van der Waals surface area contributed by atoms with Crippen LogP contribution < -0.4 is 0 Å². The summed E-state index contributed by atoms with van der Waals surface area (Å²) < 4.78 is 0. The molecule has 2 aliphatic rings. The van der Waals surface area contributed by atoms with Crippen LogP contribution >= 0.6 is 0 Å². The number of carbonyl (C=O) groups excluding carboxylic acids is 1. The summed E-state index contributed by atoms with van der Waals surface area (Å²) in [5, 5.41) is 9.04. The van der Waals surface area contributed by atoms with Crippen LogP contribution in [0.2, 0.25) is 0 Å². The predicted molar refractivity (Wildman–Crippen MR) is 63.3 cm³/mol. The number of hydrogen-bond donors (Lipinski definition) is 1. The summed E-state index contributed by atoms with van der Waals surface area (Å²) >= 11 is 0. The van der Waals surface area contributed by atoms with Gasteiger partial charge in [-0.25, -0.2) is 4.79 Å². The van der Waals surface area contributed by atoms with Crippen LogP contribution in [0.25, 0.3) is 0 Å². The summed E-state index contributed by atoms with van der Waals surface area (Å²) in [6.45, 7) is 3.96. The van der Waals surface area contributed by atoms with E-state index in [0.29, 0.717) is 0 Å². The van der Waals surface area contributed by atoms with Crippen LogP contribution in [0.1, 0.15) is 13.8 Å². The Bertz CT molecular complexity index is 446. The van der Waals surface area contributed by atoms with Crippen molar-refractivity contribution in [1.82, 2.24) is 4.90 Å². The van der Waals surface area contributed by atoms with Crippen LogP contribution in [-0.4, -0.2) is 33.8 Å². The summed E-state index contributed by atoms with van der Waals surface area (Å²) in [5.41, 5.74) is -0.125. The molecule has 0 aromatic rings. The average Bonchev–Trinajstić information content (AvgIpc) is 2.29. The third-order valence-electron chi connectivity index (χ3n) is 3.12. The van der Waals surface area contributed by atoms with Crippen LogP contribution in [0.15, 0.2) is 36.1 Å². The summed E-state index contributed by atoms with van der Waals surface area (Å²) in [5.74, 6) is -1.83. The molecule has 1 N–H and O–H groups in total. The highest BCUT2D eigenvalue weighted by Crippen LogP contribution is 2.29. The van der Waals surface area contributed by atoms with Gasteiger partial charge in [0, 0.05) is 12.2 Å². The van der Waals surface area contributed by atoms with Gasteiger partial charge in [-0.1, -0.05) is 24.3 Å². The van der Waals surface area contributed by atoms with Gasteiger partial charge in [0.15, 0.2) is 5.78 Å². The third-order valence-corrected chi connectivity index (χ3v) is 3.12. The Hall–Kier alpha value is -1.84. The summed E-state index contributed by atoms with van der Waals surface area (Å²) in [7, 11) is 0. The number of nitrogens with zero attached hydrogens (tertiary/aromatic N) is 1. The predicted octanol–water partition coefficient (Wildman–Crippen LogP) is 1.36. The Morgan fingerprint density at radius 2 is 2.00 bits per heavy atom. The Morgan fingerprint density at radius 1 is 1.35 bits per heavy atom. The molecule has 4 nitrogen and oxygen atoms in total. The molecule has 1 aliphatic carbocycles. The monoisotopic (exact) mass is 233 g/mol. The maximum absolute atomic E-state index is 12.0. The van der Waals surface area contributed by atoms with Gasteiger partial charge in [0.2, 0.25) is 0 Å². The van der Waals surface area contributed by atoms with E-state index in [9.17, 15) is 9.59 Å². The number of Topliss-reactive ketones (excluding diaryl/α,β-unsaturated/α-hetero) is 1. The van der Waals surface area contributed by atoms with E-state index in [-0.39, 0.29) is 29.4 Å². The number of carbonyl (C=O) groups is 2. The molecule has 2 atom stereocenters. The second-order valence-electron chi connectivity index (χ2n) is 4.54. The van der Waals surface area contributed by atoms with Crippen LogP contribution in [0.5, 0.6) is 0 Å². The van der Waals surface area contributed by atoms with Gasteiger partial charge in [-0.15, -0.1) is 0 Å². The van der Waals surface area contributed by atoms with Gasteiger partial charge in [0.1, 0.15) is 5.57 Å². The van der Waals surface area contributed by atoms with Crippen molar-refractivity contribution in [2.75, 3.05) is 0 Å². The lowest BCUT2D eigenvalue weighted by Crippen LogP contribution is -2.48. The van der Waals surface area contributed by atoms with Gasteiger partial charge in [-0.3, -0.25) is 4.79 Å². The van der Waals surface area contributed by atoms with Crippen molar-refractivity contribution >= 4 is 11.8 Å². The molecule has 0 bridgehead atoms. The molecule has 1 heterocycles. The summed E-state index contributed by atoms with van der Waals surface area (Å²) in [6, 6.07) is 0.0942. The molecule has 0 saturated heterocycles. The Labute approximate surface area is 99.9 Å². The molecule has 17 heavy (non-hydrogen) atoms. The molecule has 0 amide bonds. The average molecular weight is 233 g/mol. The van der Waals surface area contributed by atoms with Gasteiger partial charge in [0.25, 0.3) is 0 Å². The smallest absolute Gasteiger partial charge is 0.340 e. The number of hydrogen-bond acceptors (Lipinski definition) is 3. The van der Waals surface area contributed by atoms with E-state index in [1.54, 1.807) is 12.2 Å². The maximum Gasteiger partial charge on any atom is 0.340 e. The zero-order valence-corrected chi connectivity index (χ0v) is 9.83. The van der Waals surface area contributed by atoms with Crippen molar-refractivity contribution in [3.63, 3.8) is 0 Å². The van der Waals surface area contributed by atoms with Crippen LogP contribution in [-0.2, 0) is 9.59 Å². The zero-order valence-electron chi connectivity index (χ0n) is 9.83. The van der Waals surface area contributed by atoms with E-state index in [1.807, 2.05) is 30.9 Å². The second-order valence-corrected chi connectivity index (χ2v) is 4.54. The number of rotatable bonds is 2. The van der Waals surface area contributed by atoms with Crippen molar-refractivity contribution in [1.29, 1.82) is 0 Å². The number of ketones is 1. The first-order valence-electron chi connectivity index (χ1n) is 5.64.